The van der Waals surface area contributed by atoms with Gasteiger partial charge in [-0.3, -0.25) is 9.79 Å². The molecule has 0 aromatic heterocycles. The predicted molar refractivity (Wildman–Crippen MR) is 88.8 cm³/mol. The SMILES string of the molecule is CC(=O)Nc1ccc(N=Cc2cc(Br)cc(Cl)c2O)cc1. The fraction of sp³-hybridized carbons (Fsp3) is 0.0667. The van der Waals surface area contributed by atoms with Gasteiger partial charge in [0.1, 0.15) is 5.75 Å². The van der Waals surface area contributed by atoms with Crippen LogP contribution in [0.4, 0.5) is 11.4 Å². The van der Waals surface area contributed by atoms with Crippen LogP contribution in [0.5, 0.6) is 5.75 Å². The molecule has 2 N–H and O–H groups in total. The zero-order valence-electron chi connectivity index (χ0n) is 11.1. The van der Waals surface area contributed by atoms with Gasteiger partial charge in [0.15, 0.2) is 0 Å². The van der Waals surface area contributed by atoms with Gasteiger partial charge in [0.05, 0.1) is 10.7 Å². The molecule has 0 saturated heterocycles. The van der Waals surface area contributed by atoms with Gasteiger partial charge in [-0.25, -0.2) is 0 Å². The van der Waals surface area contributed by atoms with Crippen molar-refractivity contribution in [2.45, 2.75) is 6.92 Å². The number of benzene rings is 2. The molecule has 0 spiro atoms. The average Bonchev–Trinajstić information content (AvgIpc) is 2.42. The van der Waals surface area contributed by atoms with Crippen LogP contribution in [0, 0.1) is 0 Å². The monoisotopic (exact) mass is 366 g/mol. The Hall–Kier alpha value is -1.85. The van der Waals surface area contributed by atoms with Gasteiger partial charge < -0.3 is 10.4 Å². The van der Waals surface area contributed by atoms with Crippen molar-refractivity contribution in [1.82, 2.24) is 0 Å². The first-order chi connectivity index (χ1) is 9.95. The van der Waals surface area contributed by atoms with Crippen LogP contribution in [0.25, 0.3) is 0 Å². The maximum atomic E-state index is 10.9. The van der Waals surface area contributed by atoms with Crippen molar-refractivity contribution in [3.05, 3.63) is 51.5 Å². The third-order valence-corrected chi connectivity index (χ3v) is 3.34. The van der Waals surface area contributed by atoms with E-state index in [1.165, 1.54) is 13.1 Å². The lowest BCUT2D eigenvalue weighted by Gasteiger charge is -2.03. The molecule has 0 heterocycles. The van der Waals surface area contributed by atoms with Crippen molar-refractivity contribution in [3.8, 4) is 5.75 Å². The standard InChI is InChI=1S/C15H12BrClN2O2/c1-9(20)19-13-4-2-12(3-5-13)18-8-10-6-11(16)7-14(17)15(10)21/h2-8,21H,1H3,(H,19,20). The molecule has 0 saturated carbocycles. The van der Waals surface area contributed by atoms with E-state index in [0.717, 1.165) is 4.47 Å². The van der Waals surface area contributed by atoms with Gasteiger partial charge in [0.2, 0.25) is 5.91 Å². The largest absolute Gasteiger partial charge is 0.506 e. The highest BCUT2D eigenvalue weighted by Gasteiger charge is 2.05. The van der Waals surface area contributed by atoms with E-state index in [1.54, 1.807) is 36.4 Å². The molecule has 108 valence electrons. The summed E-state index contributed by atoms with van der Waals surface area (Å²) in [6, 6.07) is 10.4. The molecule has 0 radical (unpaired) electrons. The summed E-state index contributed by atoms with van der Waals surface area (Å²) in [5.41, 5.74) is 1.91. The number of carbonyl (C=O) groups is 1. The number of aliphatic imine (C=N–C) groups is 1. The van der Waals surface area contributed by atoms with E-state index >= 15 is 0 Å². The molecule has 0 atom stereocenters. The van der Waals surface area contributed by atoms with Crippen molar-refractivity contribution in [1.29, 1.82) is 0 Å². The molecule has 0 bridgehead atoms. The minimum atomic E-state index is -0.125. The zero-order valence-corrected chi connectivity index (χ0v) is 13.4. The maximum absolute atomic E-state index is 10.9. The number of aromatic hydroxyl groups is 1. The second-order valence-corrected chi connectivity index (χ2v) is 5.63. The molecule has 2 aromatic carbocycles. The highest BCUT2D eigenvalue weighted by molar-refractivity contribution is 9.10. The maximum Gasteiger partial charge on any atom is 0.221 e. The molecule has 0 aliphatic heterocycles. The second kappa shape index (κ2) is 6.74. The van der Waals surface area contributed by atoms with Gasteiger partial charge in [0, 0.05) is 28.9 Å². The van der Waals surface area contributed by atoms with Crippen LogP contribution in [-0.2, 0) is 4.79 Å². The fourth-order valence-electron chi connectivity index (χ4n) is 1.66. The molecule has 6 heteroatoms. The third-order valence-electron chi connectivity index (χ3n) is 2.60. The van der Waals surface area contributed by atoms with E-state index in [9.17, 15) is 9.90 Å². The number of rotatable bonds is 3. The Morgan fingerprint density at radius 1 is 1.33 bits per heavy atom. The first-order valence-electron chi connectivity index (χ1n) is 6.05. The quantitative estimate of drug-likeness (QED) is 0.784. The molecule has 4 nitrogen and oxygen atoms in total. The van der Waals surface area contributed by atoms with Crippen LogP contribution in [0.2, 0.25) is 5.02 Å². The van der Waals surface area contributed by atoms with E-state index in [4.69, 9.17) is 11.6 Å². The van der Waals surface area contributed by atoms with Crippen LogP contribution < -0.4 is 5.32 Å². The van der Waals surface area contributed by atoms with E-state index in [1.807, 2.05) is 0 Å². The van der Waals surface area contributed by atoms with Gasteiger partial charge in [-0.05, 0) is 36.4 Å². The Morgan fingerprint density at radius 3 is 2.62 bits per heavy atom. The summed E-state index contributed by atoms with van der Waals surface area (Å²) in [4.78, 5) is 15.2. The lowest BCUT2D eigenvalue weighted by atomic mass is 10.2. The number of amides is 1. The molecule has 1 amide bonds. The van der Waals surface area contributed by atoms with Crippen molar-refractivity contribution < 1.29 is 9.90 Å². The van der Waals surface area contributed by atoms with E-state index in [0.29, 0.717) is 16.9 Å². The number of anilines is 1. The normalized spacial score (nSPS) is 10.8. The van der Waals surface area contributed by atoms with Gasteiger partial charge in [-0.2, -0.15) is 0 Å². The number of carbonyl (C=O) groups excluding carboxylic acids is 1. The van der Waals surface area contributed by atoms with Crippen molar-refractivity contribution in [2.24, 2.45) is 4.99 Å². The minimum absolute atomic E-state index is 0.0153. The van der Waals surface area contributed by atoms with Gasteiger partial charge in [0.25, 0.3) is 0 Å². The summed E-state index contributed by atoms with van der Waals surface area (Å²) in [5.74, 6) is -0.140. The molecule has 2 rings (SSSR count). The summed E-state index contributed by atoms with van der Waals surface area (Å²) in [6.45, 7) is 1.45. The first-order valence-corrected chi connectivity index (χ1v) is 7.22. The molecular weight excluding hydrogens is 356 g/mol. The number of nitrogens with zero attached hydrogens (tertiary/aromatic N) is 1. The summed E-state index contributed by atoms with van der Waals surface area (Å²) in [5, 5.41) is 12.8. The molecular formula is C15H12BrClN2O2. The van der Waals surface area contributed by atoms with E-state index < -0.39 is 0 Å². The number of nitrogens with one attached hydrogen (secondary N) is 1. The van der Waals surface area contributed by atoms with Gasteiger partial charge in [-0.1, -0.05) is 27.5 Å². The number of hydrogen-bond donors (Lipinski definition) is 2. The Morgan fingerprint density at radius 2 is 2.00 bits per heavy atom. The smallest absolute Gasteiger partial charge is 0.221 e. The number of halogens is 2. The molecule has 0 fully saturated rings. The Kier molecular flexibility index (Phi) is 4.98. The highest BCUT2D eigenvalue weighted by Crippen LogP contribution is 2.30. The second-order valence-electron chi connectivity index (χ2n) is 4.31. The van der Waals surface area contributed by atoms with Crippen LogP contribution >= 0.6 is 27.5 Å². The lowest BCUT2D eigenvalue weighted by molar-refractivity contribution is -0.114. The third kappa shape index (κ3) is 4.31. The van der Waals surface area contributed by atoms with Crippen molar-refractivity contribution in [3.63, 3.8) is 0 Å². The predicted octanol–water partition coefficient (Wildman–Crippen LogP) is 4.52. The molecule has 21 heavy (non-hydrogen) atoms. The molecule has 0 unspecified atom stereocenters. The van der Waals surface area contributed by atoms with E-state index in [-0.39, 0.29) is 16.7 Å². The lowest BCUT2D eigenvalue weighted by Crippen LogP contribution is -2.04. The first kappa shape index (κ1) is 15.5. The Balaban J connectivity index is 2.20. The average molecular weight is 368 g/mol. The van der Waals surface area contributed by atoms with Crippen LogP contribution in [0.1, 0.15) is 12.5 Å². The minimum Gasteiger partial charge on any atom is -0.506 e. The Labute approximate surface area is 135 Å². The summed E-state index contributed by atoms with van der Waals surface area (Å²) >= 11 is 9.20. The molecule has 2 aromatic rings. The summed E-state index contributed by atoms with van der Waals surface area (Å²) in [6.07, 6.45) is 1.53. The highest BCUT2D eigenvalue weighted by atomic mass is 79.9. The van der Waals surface area contributed by atoms with Crippen LogP contribution in [-0.4, -0.2) is 17.2 Å². The van der Waals surface area contributed by atoms with Gasteiger partial charge >= 0.3 is 0 Å². The number of hydrogen-bond acceptors (Lipinski definition) is 3. The zero-order chi connectivity index (χ0) is 15.4. The van der Waals surface area contributed by atoms with Crippen molar-refractivity contribution in [2.75, 3.05) is 5.32 Å². The molecule has 0 aliphatic rings. The van der Waals surface area contributed by atoms with Crippen LogP contribution in [0.15, 0.2) is 45.9 Å². The Bertz CT molecular complexity index is 700. The summed E-state index contributed by atoms with van der Waals surface area (Å²) in [7, 11) is 0. The van der Waals surface area contributed by atoms with Crippen LogP contribution in [0.3, 0.4) is 0 Å². The van der Waals surface area contributed by atoms with Crippen molar-refractivity contribution >= 4 is 51.0 Å². The topological polar surface area (TPSA) is 61.7 Å². The fourth-order valence-corrected chi connectivity index (χ4v) is 2.50. The summed E-state index contributed by atoms with van der Waals surface area (Å²) < 4.78 is 0.757. The molecule has 0 aliphatic carbocycles. The number of phenolic OH excluding ortho intramolecular Hbond substituents is 1. The number of phenols is 1. The van der Waals surface area contributed by atoms with E-state index in [2.05, 4.69) is 26.2 Å². The van der Waals surface area contributed by atoms with Gasteiger partial charge in [-0.15, -0.1) is 0 Å².